The van der Waals surface area contributed by atoms with E-state index in [1.807, 2.05) is 18.2 Å². The molecule has 0 spiro atoms. The van der Waals surface area contributed by atoms with Crippen molar-refractivity contribution in [2.24, 2.45) is 0 Å². The average Bonchev–Trinajstić information content (AvgIpc) is 2.91. The maximum atomic E-state index is 12.5. The Morgan fingerprint density at radius 2 is 2.13 bits per heavy atom. The van der Waals surface area contributed by atoms with E-state index in [4.69, 9.17) is 4.74 Å². The first-order valence-corrected chi connectivity index (χ1v) is 8.71. The van der Waals surface area contributed by atoms with E-state index in [0.29, 0.717) is 12.5 Å². The van der Waals surface area contributed by atoms with Gasteiger partial charge in [0.25, 0.3) is 0 Å². The molecule has 4 heteroatoms. The fraction of sp³-hybridized carbons (Fsp3) is 0.632. The lowest BCUT2D eigenvalue weighted by Gasteiger charge is -2.38. The Labute approximate surface area is 139 Å². The number of benzene rings is 1. The molecule has 0 bridgehead atoms. The van der Waals surface area contributed by atoms with Gasteiger partial charge in [-0.1, -0.05) is 18.2 Å². The summed E-state index contributed by atoms with van der Waals surface area (Å²) in [5, 5.41) is 3.21. The summed E-state index contributed by atoms with van der Waals surface area (Å²) < 4.78 is 6.16. The smallest absolute Gasteiger partial charge is 0.222 e. The monoisotopic (exact) mass is 316 g/mol. The molecule has 2 aliphatic rings. The highest BCUT2D eigenvalue weighted by atomic mass is 16.5. The van der Waals surface area contributed by atoms with Crippen LogP contribution < -0.4 is 10.1 Å². The number of para-hydroxylation sites is 1. The molecule has 2 atom stereocenters. The standard InChI is InChI=1S/C19H28N2O2/c1-19(2,20-18(22)13-15-8-6-12-21(15)3)17-11-10-14-7-4-5-9-16(14)23-17/h4-5,7,9,15,17H,6,8,10-13H2,1-3H3,(H,20,22). The summed E-state index contributed by atoms with van der Waals surface area (Å²) >= 11 is 0. The number of aryl methyl sites for hydroxylation is 1. The molecule has 0 radical (unpaired) electrons. The van der Waals surface area contributed by atoms with Crippen molar-refractivity contribution in [2.75, 3.05) is 13.6 Å². The lowest BCUT2D eigenvalue weighted by molar-refractivity contribution is -0.125. The van der Waals surface area contributed by atoms with Crippen molar-refractivity contribution in [3.05, 3.63) is 29.8 Å². The van der Waals surface area contributed by atoms with Gasteiger partial charge in [-0.3, -0.25) is 4.79 Å². The molecule has 1 aromatic carbocycles. The molecule has 1 aromatic rings. The molecule has 4 nitrogen and oxygen atoms in total. The summed E-state index contributed by atoms with van der Waals surface area (Å²) in [6.07, 6.45) is 4.86. The zero-order valence-electron chi connectivity index (χ0n) is 14.5. The van der Waals surface area contributed by atoms with Gasteiger partial charge in [0.05, 0.1) is 5.54 Å². The molecule has 126 valence electrons. The van der Waals surface area contributed by atoms with Gasteiger partial charge >= 0.3 is 0 Å². The number of likely N-dealkylation sites (tertiary alicyclic amines) is 1. The second-order valence-electron chi connectivity index (χ2n) is 7.50. The second-order valence-corrected chi connectivity index (χ2v) is 7.50. The van der Waals surface area contributed by atoms with E-state index in [-0.39, 0.29) is 17.6 Å². The number of nitrogens with zero attached hydrogens (tertiary/aromatic N) is 1. The highest BCUT2D eigenvalue weighted by Gasteiger charge is 2.36. The number of nitrogens with one attached hydrogen (secondary N) is 1. The van der Waals surface area contributed by atoms with Crippen LogP contribution in [0.3, 0.4) is 0 Å². The van der Waals surface area contributed by atoms with Crippen molar-refractivity contribution in [1.29, 1.82) is 0 Å². The van der Waals surface area contributed by atoms with Crippen LogP contribution in [0.1, 0.15) is 45.1 Å². The van der Waals surface area contributed by atoms with E-state index in [2.05, 4.69) is 37.2 Å². The van der Waals surface area contributed by atoms with Crippen LogP contribution in [0, 0.1) is 0 Å². The molecule has 23 heavy (non-hydrogen) atoms. The quantitative estimate of drug-likeness (QED) is 0.929. The molecule has 1 amide bonds. The van der Waals surface area contributed by atoms with Crippen molar-refractivity contribution in [1.82, 2.24) is 10.2 Å². The van der Waals surface area contributed by atoms with Gasteiger partial charge in [0.15, 0.2) is 0 Å². The minimum absolute atomic E-state index is 0.0163. The molecule has 3 rings (SSSR count). The minimum atomic E-state index is -0.359. The largest absolute Gasteiger partial charge is 0.488 e. The number of ether oxygens (including phenoxy) is 1. The molecule has 2 aliphatic heterocycles. The molecule has 0 saturated carbocycles. The average molecular weight is 316 g/mol. The van der Waals surface area contributed by atoms with Crippen LogP contribution in [-0.4, -0.2) is 42.1 Å². The molecule has 0 aliphatic carbocycles. The number of carbonyl (C=O) groups excluding carboxylic acids is 1. The van der Waals surface area contributed by atoms with Gasteiger partial charge in [-0.2, -0.15) is 0 Å². The highest BCUT2D eigenvalue weighted by Crippen LogP contribution is 2.31. The Morgan fingerprint density at radius 3 is 2.87 bits per heavy atom. The lowest BCUT2D eigenvalue weighted by atomic mass is 9.89. The van der Waals surface area contributed by atoms with Crippen molar-refractivity contribution < 1.29 is 9.53 Å². The molecule has 1 saturated heterocycles. The Bertz CT molecular complexity index is 570. The Kier molecular flexibility index (Phi) is 4.62. The summed E-state index contributed by atoms with van der Waals surface area (Å²) in [7, 11) is 2.11. The predicted octanol–water partition coefficient (Wildman–Crippen LogP) is 2.76. The highest BCUT2D eigenvalue weighted by molar-refractivity contribution is 5.77. The Balaban J connectivity index is 1.59. The van der Waals surface area contributed by atoms with Crippen molar-refractivity contribution in [3.63, 3.8) is 0 Å². The van der Waals surface area contributed by atoms with Gasteiger partial charge in [0.1, 0.15) is 11.9 Å². The van der Waals surface area contributed by atoms with Crippen LogP contribution in [0.2, 0.25) is 0 Å². The zero-order chi connectivity index (χ0) is 16.4. The topological polar surface area (TPSA) is 41.6 Å². The normalized spacial score (nSPS) is 24.8. The van der Waals surface area contributed by atoms with Gasteiger partial charge in [-0.25, -0.2) is 0 Å². The SMILES string of the molecule is CN1CCCC1CC(=O)NC(C)(C)C1CCc2ccccc2O1. The third-order valence-corrected chi connectivity index (χ3v) is 5.28. The molecular formula is C19H28N2O2. The maximum absolute atomic E-state index is 12.5. The number of hydrogen-bond donors (Lipinski definition) is 1. The van der Waals surface area contributed by atoms with E-state index < -0.39 is 0 Å². The molecule has 1 N–H and O–H groups in total. The predicted molar refractivity (Wildman–Crippen MR) is 91.7 cm³/mol. The fourth-order valence-corrected chi connectivity index (χ4v) is 3.77. The summed E-state index contributed by atoms with van der Waals surface area (Å²) in [6, 6.07) is 8.58. The van der Waals surface area contributed by atoms with Gasteiger partial charge < -0.3 is 15.0 Å². The third kappa shape index (κ3) is 3.69. The van der Waals surface area contributed by atoms with Crippen molar-refractivity contribution in [2.45, 2.75) is 63.6 Å². The first-order valence-electron chi connectivity index (χ1n) is 8.71. The molecular weight excluding hydrogens is 288 g/mol. The first kappa shape index (κ1) is 16.3. The first-order chi connectivity index (χ1) is 11.0. The van der Waals surface area contributed by atoms with E-state index >= 15 is 0 Å². The summed E-state index contributed by atoms with van der Waals surface area (Å²) in [5.74, 6) is 1.10. The minimum Gasteiger partial charge on any atom is -0.488 e. The third-order valence-electron chi connectivity index (χ3n) is 5.28. The fourth-order valence-electron chi connectivity index (χ4n) is 3.77. The Morgan fingerprint density at radius 1 is 1.35 bits per heavy atom. The van der Waals surface area contributed by atoms with Crippen LogP contribution in [0.4, 0.5) is 0 Å². The second kappa shape index (κ2) is 6.52. The van der Waals surface area contributed by atoms with Crippen molar-refractivity contribution >= 4 is 5.91 Å². The van der Waals surface area contributed by atoms with Crippen LogP contribution in [0.5, 0.6) is 5.75 Å². The maximum Gasteiger partial charge on any atom is 0.222 e. The van der Waals surface area contributed by atoms with E-state index in [9.17, 15) is 4.79 Å². The van der Waals surface area contributed by atoms with Gasteiger partial charge in [0.2, 0.25) is 5.91 Å². The lowest BCUT2D eigenvalue weighted by Crippen LogP contribution is -2.55. The number of carbonyl (C=O) groups is 1. The number of amides is 1. The number of hydrogen-bond acceptors (Lipinski definition) is 3. The van der Waals surface area contributed by atoms with E-state index in [1.54, 1.807) is 0 Å². The zero-order valence-corrected chi connectivity index (χ0v) is 14.5. The van der Waals surface area contributed by atoms with Crippen molar-refractivity contribution in [3.8, 4) is 5.75 Å². The summed E-state index contributed by atoms with van der Waals surface area (Å²) in [6.45, 7) is 5.24. The molecule has 2 heterocycles. The van der Waals surface area contributed by atoms with Crippen LogP contribution in [-0.2, 0) is 11.2 Å². The van der Waals surface area contributed by atoms with Crippen LogP contribution >= 0.6 is 0 Å². The van der Waals surface area contributed by atoms with Crippen LogP contribution in [0.15, 0.2) is 24.3 Å². The number of rotatable bonds is 4. The van der Waals surface area contributed by atoms with Crippen LogP contribution in [0.25, 0.3) is 0 Å². The summed E-state index contributed by atoms with van der Waals surface area (Å²) in [5.41, 5.74) is 0.903. The Hall–Kier alpha value is -1.55. The van der Waals surface area contributed by atoms with Gasteiger partial charge in [0, 0.05) is 12.5 Å². The molecule has 0 aromatic heterocycles. The van der Waals surface area contributed by atoms with Gasteiger partial charge in [-0.05, 0) is 64.8 Å². The summed E-state index contributed by atoms with van der Waals surface area (Å²) in [4.78, 5) is 14.7. The molecule has 1 fully saturated rings. The van der Waals surface area contributed by atoms with E-state index in [0.717, 1.165) is 31.6 Å². The van der Waals surface area contributed by atoms with Gasteiger partial charge in [-0.15, -0.1) is 0 Å². The number of fused-ring (bicyclic) bond motifs is 1. The molecule has 2 unspecified atom stereocenters. The van der Waals surface area contributed by atoms with E-state index in [1.165, 1.54) is 12.0 Å².